The highest BCUT2D eigenvalue weighted by Crippen LogP contribution is 2.37. The zero-order chi connectivity index (χ0) is 24.2. The molecule has 0 spiro atoms. The van der Waals surface area contributed by atoms with Gasteiger partial charge in [0.05, 0.1) is 18.2 Å². The zero-order valence-electron chi connectivity index (χ0n) is 18.5. The summed E-state index contributed by atoms with van der Waals surface area (Å²) in [6, 6.07) is 11.1. The Hall–Kier alpha value is -4.16. The predicted octanol–water partition coefficient (Wildman–Crippen LogP) is 2.06. The molecule has 174 valence electrons. The second-order valence-electron chi connectivity index (χ2n) is 8.02. The van der Waals surface area contributed by atoms with Crippen molar-refractivity contribution in [2.24, 2.45) is 0 Å². The van der Waals surface area contributed by atoms with Gasteiger partial charge in [0.25, 0.3) is 11.8 Å². The number of ether oxygens (including phenoxy) is 1. The molecule has 1 unspecified atom stereocenters. The first-order chi connectivity index (χ1) is 16.4. The molecule has 34 heavy (non-hydrogen) atoms. The van der Waals surface area contributed by atoms with Gasteiger partial charge in [-0.15, -0.1) is 0 Å². The van der Waals surface area contributed by atoms with E-state index in [-0.39, 0.29) is 29.9 Å². The summed E-state index contributed by atoms with van der Waals surface area (Å²) in [7, 11) is 1.24. The number of benzene rings is 2. The number of hydrogen-bond donors (Lipinski definition) is 3. The predicted molar refractivity (Wildman–Crippen MR) is 121 cm³/mol. The maximum atomic E-state index is 12.9. The van der Waals surface area contributed by atoms with E-state index in [1.165, 1.54) is 7.11 Å². The normalized spacial score (nSPS) is 16.6. The largest absolute Gasteiger partial charge is 0.467 e. The van der Waals surface area contributed by atoms with E-state index < -0.39 is 29.7 Å². The minimum Gasteiger partial charge on any atom is -0.467 e. The Morgan fingerprint density at radius 1 is 1.21 bits per heavy atom. The molecule has 0 aromatic heterocycles. The van der Waals surface area contributed by atoms with Crippen molar-refractivity contribution >= 4 is 29.4 Å². The summed E-state index contributed by atoms with van der Waals surface area (Å²) in [5.74, 6) is 3.61. The zero-order valence-corrected chi connectivity index (χ0v) is 18.5. The number of nitrogens with one attached hydrogen (secondary N) is 2. The van der Waals surface area contributed by atoms with E-state index in [0.717, 1.165) is 21.7 Å². The molecule has 2 aromatic carbocycles. The van der Waals surface area contributed by atoms with Gasteiger partial charge in [0.1, 0.15) is 6.04 Å². The van der Waals surface area contributed by atoms with Crippen LogP contribution in [0.4, 0.5) is 5.69 Å². The third kappa shape index (κ3) is 4.36. The van der Waals surface area contributed by atoms with Crippen molar-refractivity contribution in [3.63, 3.8) is 0 Å². The van der Waals surface area contributed by atoms with Crippen LogP contribution in [0, 0.1) is 11.8 Å². The van der Waals surface area contributed by atoms with Crippen molar-refractivity contribution in [1.82, 2.24) is 10.4 Å². The van der Waals surface area contributed by atoms with E-state index >= 15 is 0 Å². The lowest BCUT2D eigenvalue weighted by Crippen LogP contribution is -2.46. The average molecular weight is 461 g/mol. The Labute approximate surface area is 196 Å². The molecule has 0 saturated carbocycles. The highest BCUT2D eigenvalue weighted by molar-refractivity contribution is 6.22. The van der Waals surface area contributed by atoms with Crippen LogP contribution < -0.4 is 10.8 Å². The fraction of sp³-hybridized carbons (Fsp3) is 0.280. The monoisotopic (exact) mass is 461 g/mol. The van der Waals surface area contributed by atoms with Gasteiger partial charge in [0.15, 0.2) is 0 Å². The Morgan fingerprint density at radius 3 is 2.56 bits per heavy atom. The topological polar surface area (TPSA) is 125 Å². The molecule has 3 N–H and O–H groups in total. The molecular weight excluding hydrogens is 438 g/mol. The molecule has 2 heterocycles. The minimum atomic E-state index is -1.05. The Balaban J connectivity index is 1.52. The van der Waals surface area contributed by atoms with E-state index in [0.29, 0.717) is 13.0 Å². The highest BCUT2D eigenvalue weighted by atomic mass is 16.5. The maximum absolute atomic E-state index is 12.9. The molecule has 0 saturated heterocycles. The third-order valence-electron chi connectivity index (χ3n) is 5.98. The second-order valence-corrected chi connectivity index (χ2v) is 8.02. The van der Waals surface area contributed by atoms with E-state index in [4.69, 9.17) is 9.94 Å². The lowest BCUT2D eigenvalue weighted by molar-refractivity contribution is -0.145. The van der Waals surface area contributed by atoms with Crippen molar-refractivity contribution < 1.29 is 29.1 Å². The number of hydrogen-bond acceptors (Lipinski definition) is 7. The number of carbonyl (C=O) groups excluding carboxylic acids is 4. The molecule has 0 bridgehead atoms. The van der Waals surface area contributed by atoms with Crippen LogP contribution in [0.5, 0.6) is 0 Å². The van der Waals surface area contributed by atoms with Crippen LogP contribution >= 0.6 is 0 Å². The van der Waals surface area contributed by atoms with Crippen LogP contribution in [0.2, 0.25) is 0 Å². The number of methoxy groups -OCH3 is 1. The molecule has 0 aliphatic carbocycles. The number of carbonyl (C=O) groups is 4. The smallest absolute Gasteiger partial charge is 0.329 e. The van der Waals surface area contributed by atoms with Crippen LogP contribution in [0.1, 0.15) is 57.0 Å². The van der Waals surface area contributed by atoms with Gasteiger partial charge in [-0.05, 0) is 36.2 Å². The standard InChI is InChI=1S/C25H23N3O6/c1-34-25(32)21(28-23(30)18-7-3-4-8-19(18)24(28)31)13-16-14-26-20-12-15(10-11-17(16)20)6-2-5-9-22(29)27-33/h3-4,7-8,10-12,16,21,26,33H,5,9,13-14H2,1H3,(H,27,29)/t16?,21-/m0/s1. The summed E-state index contributed by atoms with van der Waals surface area (Å²) in [5, 5.41) is 11.8. The molecule has 4 rings (SSSR count). The number of anilines is 1. The number of nitrogens with zero attached hydrogens (tertiary/aromatic N) is 1. The highest BCUT2D eigenvalue weighted by Gasteiger charge is 2.44. The minimum absolute atomic E-state index is 0.0987. The Kier molecular flexibility index (Phi) is 6.61. The molecule has 0 radical (unpaired) electrons. The van der Waals surface area contributed by atoms with Crippen molar-refractivity contribution in [1.29, 1.82) is 0 Å². The summed E-state index contributed by atoms with van der Waals surface area (Å²) >= 11 is 0. The summed E-state index contributed by atoms with van der Waals surface area (Å²) in [6.45, 7) is 0.527. The second kappa shape index (κ2) is 9.77. The van der Waals surface area contributed by atoms with Crippen LogP contribution in [-0.2, 0) is 14.3 Å². The number of esters is 1. The van der Waals surface area contributed by atoms with Crippen molar-refractivity contribution in [3.8, 4) is 11.8 Å². The quantitative estimate of drug-likeness (QED) is 0.198. The Bertz CT molecular complexity index is 1190. The van der Waals surface area contributed by atoms with Gasteiger partial charge >= 0.3 is 5.97 Å². The van der Waals surface area contributed by atoms with E-state index in [1.807, 2.05) is 18.2 Å². The van der Waals surface area contributed by atoms with Gasteiger partial charge in [-0.25, -0.2) is 10.3 Å². The molecule has 0 fully saturated rings. The fourth-order valence-electron chi connectivity index (χ4n) is 4.30. The number of hydroxylamine groups is 1. The van der Waals surface area contributed by atoms with Gasteiger partial charge < -0.3 is 10.1 Å². The van der Waals surface area contributed by atoms with E-state index in [9.17, 15) is 19.2 Å². The van der Waals surface area contributed by atoms with Gasteiger partial charge in [0, 0.05) is 36.6 Å². The first-order valence-corrected chi connectivity index (χ1v) is 10.8. The average Bonchev–Trinajstić information content (AvgIpc) is 3.37. The van der Waals surface area contributed by atoms with Crippen LogP contribution in [0.3, 0.4) is 0 Å². The van der Waals surface area contributed by atoms with Crippen LogP contribution in [0.15, 0.2) is 42.5 Å². The summed E-state index contributed by atoms with van der Waals surface area (Å²) < 4.78 is 4.95. The number of fused-ring (bicyclic) bond motifs is 2. The van der Waals surface area contributed by atoms with Crippen molar-refractivity contribution in [2.45, 2.75) is 31.2 Å². The molecule has 9 heteroatoms. The first-order valence-electron chi connectivity index (χ1n) is 10.8. The maximum Gasteiger partial charge on any atom is 0.329 e. The molecular formula is C25H23N3O6. The van der Waals surface area contributed by atoms with E-state index in [2.05, 4.69) is 17.2 Å². The molecule has 2 aliphatic heterocycles. The lowest BCUT2D eigenvalue weighted by Gasteiger charge is -2.26. The van der Waals surface area contributed by atoms with E-state index in [1.54, 1.807) is 29.7 Å². The summed E-state index contributed by atoms with van der Waals surface area (Å²) in [6.07, 6.45) is 0.627. The Morgan fingerprint density at radius 2 is 1.91 bits per heavy atom. The summed E-state index contributed by atoms with van der Waals surface area (Å²) in [4.78, 5) is 50.6. The van der Waals surface area contributed by atoms with Gasteiger partial charge in [-0.1, -0.05) is 30.0 Å². The van der Waals surface area contributed by atoms with Crippen molar-refractivity contribution in [3.05, 3.63) is 64.7 Å². The molecule has 3 amide bonds. The van der Waals surface area contributed by atoms with Gasteiger partial charge in [0.2, 0.25) is 5.91 Å². The molecule has 2 aromatic rings. The SMILES string of the molecule is COC(=O)[C@H](CC1CNc2cc(C#CCCC(=O)NO)ccc21)N1C(=O)c2ccccc2C1=O. The van der Waals surface area contributed by atoms with Crippen LogP contribution in [0.25, 0.3) is 0 Å². The van der Waals surface area contributed by atoms with Crippen molar-refractivity contribution in [2.75, 3.05) is 19.0 Å². The van der Waals surface area contributed by atoms with Gasteiger partial charge in [-0.2, -0.15) is 0 Å². The fourth-order valence-corrected chi connectivity index (χ4v) is 4.30. The first kappa shape index (κ1) is 23.0. The van der Waals surface area contributed by atoms with Crippen LogP contribution in [-0.4, -0.2) is 53.5 Å². The lowest BCUT2D eigenvalue weighted by atomic mass is 9.92. The number of amides is 3. The van der Waals surface area contributed by atoms with Gasteiger partial charge in [-0.3, -0.25) is 24.5 Å². The molecule has 2 atom stereocenters. The number of rotatable bonds is 6. The number of imide groups is 1. The molecule has 9 nitrogen and oxygen atoms in total. The third-order valence-corrected chi connectivity index (χ3v) is 5.98. The molecule has 2 aliphatic rings. The summed E-state index contributed by atoms with van der Waals surface area (Å²) in [5.41, 5.74) is 4.70.